The van der Waals surface area contributed by atoms with Gasteiger partial charge in [-0.1, -0.05) is 0 Å². The molecule has 72 valence electrons. The van der Waals surface area contributed by atoms with E-state index in [0.717, 1.165) is 15.0 Å². The van der Waals surface area contributed by atoms with E-state index >= 15 is 0 Å². The first-order valence-electron chi connectivity index (χ1n) is 4.03. The maximum Gasteiger partial charge on any atom is 0.0836 e. The Morgan fingerprint density at radius 2 is 2.29 bits per heavy atom. The van der Waals surface area contributed by atoms with E-state index in [1.54, 1.807) is 29.9 Å². The number of hydrogen-bond donors (Lipinski definition) is 1. The molecule has 5 heteroatoms. The second-order valence-corrected chi connectivity index (χ2v) is 4.63. The van der Waals surface area contributed by atoms with Gasteiger partial charge in [0.25, 0.3) is 0 Å². The van der Waals surface area contributed by atoms with Crippen molar-refractivity contribution in [3.8, 4) is 0 Å². The van der Waals surface area contributed by atoms with Gasteiger partial charge in [0, 0.05) is 27.1 Å². The van der Waals surface area contributed by atoms with Crippen LogP contribution >= 0.6 is 27.3 Å². The van der Waals surface area contributed by atoms with Crippen LogP contribution in [-0.2, 0) is 0 Å². The molecule has 2 rings (SSSR count). The lowest BCUT2D eigenvalue weighted by Crippen LogP contribution is -2.11. The summed E-state index contributed by atoms with van der Waals surface area (Å²) in [6.45, 7) is 0. The fourth-order valence-electron chi connectivity index (χ4n) is 1.11. The largest absolute Gasteiger partial charge is 0.318 e. The van der Waals surface area contributed by atoms with Crippen LogP contribution in [0.3, 0.4) is 0 Å². The van der Waals surface area contributed by atoms with Crippen molar-refractivity contribution in [2.45, 2.75) is 6.04 Å². The summed E-state index contributed by atoms with van der Waals surface area (Å²) in [5.74, 6) is 0. The zero-order chi connectivity index (χ0) is 9.97. The molecule has 0 aliphatic heterocycles. The highest BCUT2D eigenvalue weighted by Crippen LogP contribution is 2.26. The van der Waals surface area contributed by atoms with Crippen molar-refractivity contribution in [3.05, 3.63) is 45.1 Å². The first-order valence-corrected chi connectivity index (χ1v) is 5.70. The molecular weight excluding hydrogens is 262 g/mol. The Labute approximate surface area is 94.1 Å². The van der Waals surface area contributed by atoms with Crippen molar-refractivity contribution < 1.29 is 0 Å². The van der Waals surface area contributed by atoms with Gasteiger partial charge in [-0.25, -0.2) is 0 Å². The summed E-state index contributed by atoms with van der Waals surface area (Å²) in [5.41, 5.74) is 6.81. The average molecular weight is 270 g/mol. The second-order valence-electron chi connectivity index (χ2n) is 2.78. The summed E-state index contributed by atoms with van der Waals surface area (Å²) < 4.78 is 1.05. The van der Waals surface area contributed by atoms with Crippen LogP contribution in [0.1, 0.15) is 16.6 Å². The summed E-state index contributed by atoms with van der Waals surface area (Å²) in [4.78, 5) is 9.24. The maximum absolute atomic E-state index is 6.02. The monoisotopic (exact) mass is 269 g/mol. The fraction of sp³-hybridized carbons (Fsp3) is 0.111. The van der Waals surface area contributed by atoms with Gasteiger partial charge in [-0.3, -0.25) is 9.97 Å². The van der Waals surface area contributed by atoms with Gasteiger partial charge in [0.15, 0.2) is 0 Å². The van der Waals surface area contributed by atoms with Gasteiger partial charge >= 0.3 is 0 Å². The Hall–Kier alpha value is -0.780. The maximum atomic E-state index is 6.02. The summed E-state index contributed by atoms with van der Waals surface area (Å²) in [6.07, 6.45) is 4.98. The quantitative estimate of drug-likeness (QED) is 0.911. The van der Waals surface area contributed by atoms with Gasteiger partial charge in [0.1, 0.15) is 0 Å². The molecule has 0 radical (unpaired) electrons. The highest BCUT2D eigenvalue weighted by molar-refractivity contribution is 9.10. The number of nitrogens with two attached hydrogens (primary N) is 1. The summed E-state index contributed by atoms with van der Waals surface area (Å²) in [6, 6.07) is 1.82. The van der Waals surface area contributed by atoms with Crippen LogP contribution < -0.4 is 5.73 Å². The van der Waals surface area contributed by atoms with Crippen molar-refractivity contribution in [1.29, 1.82) is 0 Å². The van der Waals surface area contributed by atoms with E-state index in [4.69, 9.17) is 5.73 Å². The second kappa shape index (κ2) is 4.16. The normalized spacial score (nSPS) is 12.7. The SMILES string of the molecule is NC(c1cnccn1)c1cc(Br)cs1. The fourth-order valence-corrected chi connectivity index (χ4v) is 2.57. The Kier molecular flexibility index (Phi) is 2.90. The van der Waals surface area contributed by atoms with E-state index in [1.807, 2.05) is 11.4 Å². The van der Waals surface area contributed by atoms with E-state index in [-0.39, 0.29) is 6.04 Å². The third-order valence-electron chi connectivity index (χ3n) is 1.80. The Morgan fingerprint density at radius 3 is 2.86 bits per heavy atom. The summed E-state index contributed by atoms with van der Waals surface area (Å²) in [5, 5.41) is 2.01. The molecule has 2 heterocycles. The highest BCUT2D eigenvalue weighted by Gasteiger charge is 2.11. The Balaban J connectivity index is 2.29. The predicted octanol–water partition coefficient (Wildman–Crippen LogP) is 2.35. The van der Waals surface area contributed by atoms with Crippen LogP contribution in [0.5, 0.6) is 0 Å². The molecule has 0 aliphatic rings. The molecule has 0 spiro atoms. The standard InChI is InChI=1S/C9H8BrN3S/c10-6-3-8(14-5-6)9(11)7-4-12-1-2-13-7/h1-5,9H,11H2. The van der Waals surface area contributed by atoms with Crippen LogP contribution in [0, 0.1) is 0 Å². The van der Waals surface area contributed by atoms with Crippen molar-refractivity contribution in [2.24, 2.45) is 5.73 Å². The van der Waals surface area contributed by atoms with E-state index < -0.39 is 0 Å². The van der Waals surface area contributed by atoms with Gasteiger partial charge < -0.3 is 5.73 Å². The van der Waals surface area contributed by atoms with Gasteiger partial charge in [-0.2, -0.15) is 0 Å². The van der Waals surface area contributed by atoms with Gasteiger partial charge in [-0.05, 0) is 22.0 Å². The van der Waals surface area contributed by atoms with Crippen molar-refractivity contribution in [2.75, 3.05) is 0 Å². The first kappa shape index (κ1) is 9.76. The molecule has 0 saturated carbocycles. The molecule has 14 heavy (non-hydrogen) atoms. The number of aromatic nitrogens is 2. The lowest BCUT2D eigenvalue weighted by Gasteiger charge is -2.06. The molecule has 0 fully saturated rings. The van der Waals surface area contributed by atoms with Crippen LogP contribution in [-0.4, -0.2) is 9.97 Å². The minimum absolute atomic E-state index is 0.181. The lowest BCUT2D eigenvalue weighted by atomic mass is 10.2. The smallest absolute Gasteiger partial charge is 0.0836 e. The van der Waals surface area contributed by atoms with E-state index in [9.17, 15) is 0 Å². The molecule has 2 aromatic rings. The van der Waals surface area contributed by atoms with Gasteiger partial charge in [0.2, 0.25) is 0 Å². The highest BCUT2D eigenvalue weighted by atomic mass is 79.9. The van der Waals surface area contributed by atoms with Crippen molar-refractivity contribution in [1.82, 2.24) is 9.97 Å². The van der Waals surface area contributed by atoms with Crippen LogP contribution in [0.15, 0.2) is 34.5 Å². The molecule has 3 nitrogen and oxygen atoms in total. The zero-order valence-corrected chi connectivity index (χ0v) is 9.62. The van der Waals surface area contributed by atoms with E-state index in [0.29, 0.717) is 0 Å². The van der Waals surface area contributed by atoms with Crippen LogP contribution in [0.4, 0.5) is 0 Å². The molecule has 2 aromatic heterocycles. The van der Waals surface area contributed by atoms with Crippen LogP contribution in [0.25, 0.3) is 0 Å². The zero-order valence-electron chi connectivity index (χ0n) is 7.22. The van der Waals surface area contributed by atoms with Gasteiger partial charge in [0.05, 0.1) is 17.9 Å². The number of thiophene rings is 1. The predicted molar refractivity (Wildman–Crippen MR) is 60.1 cm³/mol. The molecule has 2 N–H and O–H groups in total. The molecule has 0 saturated heterocycles. The third kappa shape index (κ3) is 2.00. The lowest BCUT2D eigenvalue weighted by molar-refractivity contribution is 0.834. The molecule has 0 aliphatic carbocycles. The minimum atomic E-state index is -0.181. The number of nitrogens with zero attached hydrogens (tertiary/aromatic N) is 2. The molecule has 0 amide bonds. The third-order valence-corrected chi connectivity index (χ3v) is 3.57. The average Bonchev–Trinajstić information content (AvgIpc) is 2.65. The molecular formula is C9H8BrN3S. The number of rotatable bonds is 2. The minimum Gasteiger partial charge on any atom is -0.318 e. The Morgan fingerprint density at radius 1 is 1.43 bits per heavy atom. The van der Waals surface area contributed by atoms with Gasteiger partial charge in [-0.15, -0.1) is 11.3 Å². The Bertz CT molecular complexity index is 415. The molecule has 1 atom stereocenters. The summed E-state index contributed by atoms with van der Waals surface area (Å²) >= 11 is 5.00. The van der Waals surface area contributed by atoms with Crippen LogP contribution in [0.2, 0.25) is 0 Å². The van der Waals surface area contributed by atoms with Crippen molar-refractivity contribution >= 4 is 27.3 Å². The number of hydrogen-bond acceptors (Lipinski definition) is 4. The summed E-state index contributed by atoms with van der Waals surface area (Å²) in [7, 11) is 0. The molecule has 0 bridgehead atoms. The van der Waals surface area contributed by atoms with E-state index in [2.05, 4.69) is 25.9 Å². The molecule has 1 unspecified atom stereocenters. The first-order chi connectivity index (χ1) is 6.77. The topological polar surface area (TPSA) is 51.8 Å². The van der Waals surface area contributed by atoms with E-state index in [1.165, 1.54) is 0 Å². The van der Waals surface area contributed by atoms with Crippen molar-refractivity contribution in [3.63, 3.8) is 0 Å². The molecule has 0 aromatic carbocycles. The number of halogens is 1.